The van der Waals surface area contributed by atoms with Gasteiger partial charge in [0.1, 0.15) is 6.04 Å². The Kier molecular flexibility index (Phi) is 8.39. The molecule has 0 aromatic carbocycles. The quantitative estimate of drug-likeness (QED) is 0.274. The second-order valence-electron chi connectivity index (χ2n) is 9.40. The van der Waals surface area contributed by atoms with E-state index in [1.165, 1.54) is 0 Å². The topological polar surface area (TPSA) is 70.0 Å². The minimum absolute atomic E-state index is 0.0384. The lowest BCUT2D eigenvalue weighted by Crippen LogP contribution is -2.51. The van der Waals surface area contributed by atoms with Gasteiger partial charge in [0.2, 0.25) is 0 Å². The van der Waals surface area contributed by atoms with Crippen LogP contribution >= 0.6 is 0 Å². The predicted octanol–water partition coefficient (Wildman–Crippen LogP) is 3.29. The van der Waals surface area contributed by atoms with Crippen LogP contribution < -0.4 is 0 Å². The fraction of sp³-hybridized carbons (Fsp3) is 0.800. The number of hydrogen-bond acceptors (Lipinski definition) is 5. The van der Waals surface area contributed by atoms with Crippen molar-refractivity contribution in [2.75, 3.05) is 6.61 Å². The molecule has 2 heterocycles. The minimum atomic E-state index is -0.553. The number of carbonyl (C=O) groups excluding carboxylic acids is 1. The second kappa shape index (κ2) is 10.8. The Morgan fingerprint density at radius 1 is 1.33 bits per heavy atom. The molecule has 1 aliphatic carbocycles. The smallest absolute Gasteiger partial charge is 0.323 e. The highest BCUT2D eigenvalue weighted by Crippen LogP contribution is 2.49. The number of piperidine rings is 1. The summed E-state index contributed by atoms with van der Waals surface area (Å²) in [6, 6.07) is 0.470. The second-order valence-corrected chi connectivity index (χ2v) is 9.40. The summed E-state index contributed by atoms with van der Waals surface area (Å²) in [4.78, 5) is 15.1. The Hall–Kier alpha value is -1.35. The van der Waals surface area contributed by atoms with E-state index in [9.17, 15) is 15.0 Å². The van der Waals surface area contributed by atoms with Crippen LogP contribution in [0.5, 0.6) is 0 Å². The maximum Gasteiger partial charge on any atom is 0.323 e. The highest BCUT2D eigenvalue weighted by Gasteiger charge is 2.55. The average Bonchev–Trinajstić information content (AvgIpc) is 3.24. The molecule has 3 aliphatic rings. The summed E-state index contributed by atoms with van der Waals surface area (Å²) >= 11 is 0. The summed E-state index contributed by atoms with van der Waals surface area (Å²) < 4.78 is 5.57. The Balaban J connectivity index is 1.66. The van der Waals surface area contributed by atoms with Crippen LogP contribution in [0.25, 0.3) is 0 Å². The van der Waals surface area contributed by atoms with Crippen LogP contribution in [-0.2, 0) is 9.53 Å². The third-order valence-corrected chi connectivity index (χ3v) is 7.37. The maximum absolute atomic E-state index is 12.8. The van der Waals surface area contributed by atoms with Gasteiger partial charge in [-0.15, -0.1) is 11.8 Å². The van der Waals surface area contributed by atoms with Crippen LogP contribution in [0.3, 0.4) is 0 Å². The number of rotatable bonds is 8. The Morgan fingerprint density at radius 3 is 2.87 bits per heavy atom. The van der Waals surface area contributed by atoms with Crippen molar-refractivity contribution in [3.05, 3.63) is 12.2 Å². The standard InChI is InChI=1S/C25H39NO4/c1-4-6-9-17(3)23(27)13-12-19-20-15-18-10-8-11-21(25(29)30-14-7-5-2)26(18)22(20)16-24(19)28/h12-13,17-24,27-28H,5,7-11,14-16H2,1-3H3/b13-12+/t17?,18?,19-,20-,21?,22?,23-,24-/m1/s1. The molecule has 8 atom stereocenters. The van der Waals surface area contributed by atoms with Gasteiger partial charge in [0.05, 0.1) is 18.8 Å². The zero-order valence-corrected chi connectivity index (χ0v) is 18.8. The van der Waals surface area contributed by atoms with E-state index >= 15 is 0 Å². The molecule has 0 radical (unpaired) electrons. The van der Waals surface area contributed by atoms with Crippen molar-refractivity contribution in [2.24, 2.45) is 17.8 Å². The molecule has 3 fully saturated rings. The molecule has 0 amide bonds. The number of carbonyl (C=O) groups is 1. The van der Waals surface area contributed by atoms with E-state index in [2.05, 4.69) is 23.7 Å². The van der Waals surface area contributed by atoms with Crippen molar-refractivity contribution in [3.63, 3.8) is 0 Å². The van der Waals surface area contributed by atoms with Gasteiger partial charge in [0, 0.05) is 24.4 Å². The molecule has 5 nitrogen and oxygen atoms in total. The maximum atomic E-state index is 12.8. The van der Waals surface area contributed by atoms with Gasteiger partial charge in [-0.1, -0.05) is 32.4 Å². The summed E-state index contributed by atoms with van der Waals surface area (Å²) in [7, 11) is 0. The third kappa shape index (κ3) is 5.10. The number of nitrogens with zero attached hydrogens (tertiary/aromatic N) is 1. The SMILES string of the molecule is CC#CCC(C)[C@H](O)/C=C/[C@H]1[C@H](O)CC2[C@@H]1CC1CCCC(C(=O)OCCCC)N12. The number of hydrogen-bond donors (Lipinski definition) is 2. The van der Waals surface area contributed by atoms with E-state index in [1.54, 1.807) is 0 Å². The van der Waals surface area contributed by atoms with Gasteiger partial charge in [-0.25, -0.2) is 0 Å². The molecule has 0 spiro atoms. The number of esters is 1. The van der Waals surface area contributed by atoms with Crippen LogP contribution in [0.15, 0.2) is 12.2 Å². The van der Waals surface area contributed by atoms with E-state index in [4.69, 9.17) is 4.74 Å². The molecule has 30 heavy (non-hydrogen) atoms. The molecule has 4 unspecified atom stereocenters. The average molecular weight is 418 g/mol. The van der Waals surface area contributed by atoms with Crippen LogP contribution in [0.2, 0.25) is 0 Å². The highest BCUT2D eigenvalue weighted by atomic mass is 16.5. The molecule has 2 aliphatic heterocycles. The number of aliphatic hydroxyl groups is 2. The summed E-state index contributed by atoms with van der Waals surface area (Å²) in [5.41, 5.74) is 0. The highest BCUT2D eigenvalue weighted by molar-refractivity contribution is 5.76. The molecule has 2 saturated heterocycles. The Labute approximate surface area is 181 Å². The number of unbranched alkanes of at least 4 members (excludes halogenated alkanes) is 1. The molecule has 2 N–H and O–H groups in total. The Bertz CT molecular complexity index is 666. The molecule has 3 rings (SSSR count). The van der Waals surface area contributed by atoms with Gasteiger partial charge in [-0.05, 0) is 57.3 Å². The van der Waals surface area contributed by atoms with Gasteiger partial charge in [0.15, 0.2) is 0 Å². The first-order valence-corrected chi connectivity index (χ1v) is 11.9. The van der Waals surface area contributed by atoms with Crippen molar-refractivity contribution in [3.8, 4) is 11.8 Å². The zero-order valence-electron chi connectivity index (χ0n) is 18.8. The first kappa shape index (κ1) is 23.3. The molecule has 0 aromatic heterocycles. The van der Waals surface area contributed by atoms with E-state index in [0.717, 1.165) is 38.5 Å². The molecule has 5 heteroatoms. The van der Waals surface area contributed by atoms with E-state index < -0.39 is 12.2 Å². The van der Waals surface area contributed by atoms with Crippen LogP contribution in [-0.4, -0.2) is 58.0 Å². The van der Waals surface area contributed by atoms with Gasteiger partial charge in [-0.3, -0.25) is 9.69 Å². The zero-order chi connectivity index (χ0) is 21.7. The normalized spacial score (nSPS) is 35.4. The lowest BCUT2D eigenvalue weighted by molar-refractivity contribution is -0.153. The summed E-state index contributed by atoms with van der Waals surface area (Å²) in [6.45, 7) is 6.41. The first-order valence-electron chi connectivity index (χ1n) is 11.9. The molecule has 0 aromatic rings. The largest absolute Gasteiger partial charge is 0.465 e. The van der Waals surface area contributed by atoms with Crippen LogP contribution in [0, 0.1) is 29.6 Å². The van der Waals surface area contributed by atoms with Crippen LogP contribution in [0.1, 0.15) is 72.1 Å². The molecule has 1 saturated carbocycles. The van der Waals surface area contributed by atoms with Gasteiger partial charge >= 0.3 is 5.97 Å². The first-order chi connectivity index (χ1) is 14.5. The van der Waals surface area contributed by atoms with Crippen molar-refractivity contribution >= 4 is 5.97 Å². The van der Waals surface area contributed by atoms with Crippen molar-refractivity contribution in [2.45, 2.75) is 102 Å². The summed E-state index contributed by atoms with van der Waals surface area (Å²) in [5, 5.41) is 21.2. The van der Waals surface area contributed by atoms with Crippen molar-refractivity contribution in [1.29, 1.82) is 0 Å². The van der Waals surface area contributed by atoms with Gasteiger partial charge in [-0.2, -0.15) is 0 Å². The lowest BCUT2D eigenvalue weighted by atomic mass is 9.88. The van der Waals surface area contributed by atoms with Crippen molar-refractivity contribution < 1.29 is 19.7 Å². The van der Waals surface area contributed by atoms with Crippen LogP contribution in [0.4, 0.5) is 0 Å². The van der Waals surface area contributed by atoms with Gasteiger partial charge < -0.3 is 14.9 Å². The van der Waals surface area contributed by atoms with E-state index in [1.807, 2.05) is 26.0 Å². The fourth-order valence-electron chi connectivity index (χ4n) is 5.67. The minimum Gasteiger partial charge on any atom is -0.465 e. The number of fused-ring (bicyclic) bond motifs is 3. The van der Waals surface area contributed by atoms with E-state index in [0.29, 0.717) is 31.4 Å². The van der Waals surface area contributed by atoms with Gasteiger partial charge in [0.25, 0.3) is 0 Å². The van der Waals surface area contributed by atoms with Crippen molar-refractivity contribution in [1.82, 2.24) is 4.90 Å². The molecule has 0 bridgehead atoms. The monoisotopic (exact) mass is 417 g/mol. The molecular weight excluding hydrogens is 378 g/mol. The number of ether oxygens (including phenoxy) is 1. The predicted molar refractivity (Wildman–Crippen MR) is 118 cm³/mol. The third-order valence-electron chi connectivity index (χ3n) is 7.37. The Morgan fingerprint density at radius 2 is 2.13 bits per heavy atom. The lowest BCUT2D eigenvalue weighted by Gasteiger charge is -2.39. The fourth-order valence-corrected chi connectivity index (χ4v) is 5.67. The number of aliphatic hydroxyl groups excluding tert-OH is 2. The molecular formula is C25H39NO4. The molecule has 168 valence electrons. The summed E-state index contributed by atoms with van der Waals surface area (Å²) in [6.07, 6.45) is 10.2. The summed E-state index contributed by atoms with van der Waals surface area (Å²) in [5.74, 6) is 6.27. The van der Waals surface area contributed by atoms with E-state index in [-0.39, 0.29) is 29.9 Å².